The molecule has 0 aliphatic heterocycles. The number of nitrogens with one attached hydrogen (secondary N) is 1. The van der Waals surface area contributed by atoms with E-state index in [0.29, 0.717) is 16.6 Å². The summed E-state index contributed by atoms with van der Waals surface area (Å²) < 4.78 is 32.6. The first-order valence-corrected chi connectivity index (χ1v) is 9.01. The monoisotopic (exact) mass is 393 g/mol. The van der Waals surface area contributed by atoms with Crippen molar-refractivity contribution in [3.05, 3.63) is 22.7 Å². The van der Waals surface area contributed by atoms with Crippen molar-refractivity contribution in [2.24, 2.45) is 11.8 Å². The Hall–Kier alpha value is -1.12. The number of ether oxygens (including phenoxy) is 1. The molecule has 124 valence electrons. The van der Waals surface area contributed by atoms with Crippen molar-refractivity contribution in [3.63, 3.8) is 0 Å². The maximum absolute atomic E-state index is 12.2. The fraction of sp³-hybridized carbons (Fsp3) is 0.500. The summed E-state index contributed by atoms with van der Waals surface area (Å²) in [4.78, 5) is 11.2. The number of halogens is 1. The van der Waals surface area contributed by atoms with Crippen molar-refractivity contribution >= 4 is 31.9 Å². The highest BCUT2D eigenvalue weighted by atomic mass is 79.9. The standard InChI is InChI=1S/C14H20BrNO5S/c1-9(2)6-10(14(17)18)8-16-22(19,20)11-4-5-12(15)13(7-11)21-3/h4-5,7,9-10,16H,6,8H2,1-3H3,(H,17,18). The number of hydrogen-bond acceptors (Lipinski definition) is 4. The first-order valence-electron chi connectivity index (χ1n) is 6.73. The highest BCUT2D eigenvalue weighted by molar-refractivity contribution is 9.10. The van der Waals surface area contributed by atoms with Gasteiger partial charge in [0.15, 0.2) is 0 Å². The van der Waals surface area contributed by atoms with Crippen LogP contribution in [0, 0.1) is 11.8 Å². The summed E-state index contributed by atoms with van der Waals surface area (Å²) in [5, 5.41) is 9.15. The average molecular weight is 394 g/mol. The molecule has 0 saturated heterocycles. The van der Waals surface area contributed by atoms with Gasteiger partial charge < -0.3 is 9.84 Å². The Balaban J connectivity index is 2.89. The molecule has 0 bridgehead atoms. The zero-order valence-electron chi connectivity index (χ0n) is 12.7. The van der Waals surface area contributed by atoms with Gasteiger partial charge in [-0.25, -0.2) is 13.1 Å². The van der Waals surface area contributed by atoms with Crippen LogP contribution in [-0.4, -0.2) is 33.1 Å². The molecule has 0 aliphatic carbocycles. The van der Waals surface area contributed by atoms with Crippen LogP contribution in [0.4, 0.5) is 0 Å². The molecule has 0 saturated carbocycles. The van der Waals surface area contributed by atoms with Gasteiger partial charge >= 0.3 is 5.97 Å². The third-order valence-electron chi connectivity index (χ3n) is 3.06. The topological polar surface area (TPSA) is 92.7 Å². The van der Waals surface area contributed by atoms with E-state index in [1.165, 1.54) is 19.2 Å². The second-order valence-corrected chi connectivity index (χ2v) is 7.93. The molecule has 0 radical (unpaired) electrons. The minimum absolute atomic E-state index is 0.0289. The van der Waals surface area contributed by atoms with E-state index in [2.05, 4.69) is 20.7 Å². The predicted molar refractivity (Wildman–Crippen MR) is 86.5 cm³/mol. The normalized spacial score (nSPS) is 13.1. The van der Waals surface area contributed by atoms with Crippen molar-refractivity contribution in [2.75, 3.05) is 13.7 Å². The lowest BCUT2D eigenvalue weighted by Gasteiger charge is -2.16. The maximum Gasteiger partial charge on any atom is 0.307 e. The summed E-state index contributed by atoms with van der Waals surface area (Å²) in [5.74, 6) is -1.21. The molecule has 1 unspecified atom stereocenters. The first-order chi connectivity index (χ1) is 10.2. The molecule has 0 aromatic heterocycles. The lowest BCUT2D eigenvalue weighted by Crippen LogP contribution is -2.33. The molecule has 22 heavy (non-hydrogen) atoms. The number of carboxylic acids is 1. The van der Waals surface area contributed by atoms with Crippen LogP contribution < -0.4 is 9.46 Å². The van der Waals surface area contributed by atoms with Gasteiger partial charge in [-0.15, -0.1) is 0 Å². The van der Waals surface area contributed by atoms with Gasteiger partial charge in [-0.1, -0.05) is 13.8 Å². The molecule has 0 aliphatic rings. The van der Waals surface area contributed by atoms with E-state index < -0.39 is 21.9 Å². The molecule has 2 N–H and O–H groups in total. The number of methoxy groups -OCH3 is 1. The molecular weight excluding hydrogens is 374 g/mol. The molecule has 1 aromatic rings. The van der Waals surface area contributed by atoms with E-state index in [1.54, 1.807) is 6.07 Å². The molecule has 0 spiro atoms. The summed E-state index contributed by atoms with van der Waals surface area (Å²) in [6, 6.07) is 4.37. The van der Waals surface area contributed by atoms with Gasteiger partial charge in [0.1, 0.15) is 5.75 Å². The minimum atomic E-state index is -3.79. The Morgan fingerprint density at radius 2 is 2.05 bits per heavy atom. The molecule has 1 atom stereocenters. The van der Waals surface area contributed by atoms with Crippen LogP contribution in [0.15, 0.2) is 27.6 Å². The predicted octanol–water partition coefficient (Wildman–Crippen LogP) is 2.48. The summed E-state index contributed by atoms with van der Waals surface area (Å²) in [7, 11) is -2.35. The van der Waals surface area contributed by atoms with Gasteiger partial charge in [0, 0.05) is 12.6 Å². The molecule has 0 fully saturated rings. The number of carboxylic acid groups (broad SMARTS) is 1. The van der Waals surface area contributed by atoms with E-state index in [4.69, 9.17) is 9.84 Å². The van der Waals surface area contributed by atoms with Crippen molar-refractivity contribution in [3.8, 4) is 5.75 Å². The Bertz CT molecular complexity index is 630. The van der Waals surface area contributed by atoms with Gasteiger partial charge in [-0.2, -0.15) is 0 Å². The van der Waals surface area contributed by atoms with E-state index in [0.717, 1.165) is 0 Å². The lowest BCUT2D eigenvalue weighted by molar-refractivity contribution is -0.142. The molecule has 1 aromatic carbocycles. The highest BCUT2D eigenvalue weighted by Crippen LogP contribution is 2.27. The minimum Gasteiger partial charge on any atom is -0.496 e. The number of carbonyl (C=O) groups is 1. The van der Waals surface area contributed by atoms with Crippen LogP contribution >= 0.6 is 15.9 Å². The van der Waals surface area contributed by atoms with Crippen LogP contribution in [0.1, 0.15) is 20.3 Å². The van der Waals surface area contributed by atoms with Gasteiger partial charge in [0.05, 0.1) is 22.4 Å². The molecule has 0 heterocycles. The Kier molecular flexibility index (Phi) is 6.83. The van der Waals surface area contributed by atoms with Crippen LogP contribution in [0.5, 0.6) is 5.75 Å². The number of sulfonamides is 1. The summed E-state index contributed by atoms with van der Waals surface area (Å²) in [6.07, 6.45) is 0.404. The molecule has 0 amide bonds. The van der Waals surface area contributed by atoms with Gasteiger partial charge in [0.25, 0.3) is 0 Å². The van der Waals surface area contributed by atoms with Crippen molar-refractivity contribution in [1.82, 2.24) is 4.72 Å². The van der Waals surface area contributed by atoms with Gasteiger partial charge in [0.2, 0.25) is 10.0 Å². The fourth-order valence-electron chi connectivity index (χ4n) is 1.94. The van der Waals surface area contributed by atoms with Gasteiger partial charge in [-0.05, 0) is 40.4 Å². The average Bonchev–Trinajstić information content (AvgIpc) is 2.43. The van der Waals surface area contributed by atoms with Crippen molar-refractivity contribution in [2.45, 2.75) is 25.2 Å². The quantitative estimate of drug-likeness (QED) is 0.707. The Morgan fingerprint density at radius 3 is 2.55 bits per heavy atom. The molecule has 1 rings (SSSR count). The van der Waals surface area contributed by atoms with Crippen LogP contribution in [0.3, 0.4) is 0 Å². The second-order valence-electron chi connectivity index (χ2n) is 5.31. The number of benzene rings is 1. The smallest absolute Gasteiger partial charge is 0.307 e. The van der Waals surface area contributed by atoms with Crippen LogP contribution in [0.25, 0.3) is 0 Å². The van der Waals surface area contributed by atoms with E-state index in [9.17, 15) is 13.2 Å². The maximum atomic E-state index is 12.2. The Morgan fingerprint density at radius 1 is 1.41 bits per heavy atom. The second kappa shape index (κ2) is 7.94. The third-order valence-corrected chi connectivity index (χ3v) is 5.13. The lowest BCUT2D eigenvalue weighted by atomic mass is 9.98. The van der Waals surface area contributed by atoms with Crippen molar-refractivity contribution < 1.29 is 23.1 Å². The first kappa shape index (κ1) is 18.9. The molecular formula is C14H20BrNO5S. The number of hydrogen-bond donors (Lipinski definition) is 2. The third kappa shape index (κ3) is 5.26. The summed E-state index contributed by atoms with van der Waals surface area (Å²) >= 11 is 3.25. The van der Waals surface area contributed by atoms with Crippen LogP contribution in [-0.2, 0) is 14.8 Å². The summed E-state index contributed by atoms with van der Waals surface area (Å²) in [6.45, 7) is 3.64. The van der Waals surface area contributed by atoms with E-state index >= 15 is 0 Å². The Labute approximate surface area is 139 Å². The summed E-state index contributed by atoms with van der Waals surface area (Å²) in [5.41, 5.74) is 0. The zero-order chi connectivity index (χ0) is 16.9. The number of aliphatic carboxylic acids is 1. The van der Waals surface area contributed by atoms with Crippen LogP contribution in [0.2, 0.25) is 0 Å². The SMILES string of the molecule is COc1cc(S(=O)(=O)NCC(CC(C)C)C(=O)O)ccc1Br. The van der Waals surface area contributed by atoms with E-state index in [-0.39, 0.29) is 17.4 Å². The fourth-order valence-corrected chi connectivity index (χ4v) is 3.45. The van der Waals surface area contributed by atoms with E-state index in [1.807, 2.05) is 13.8 Å². The van der Waals surface area contributed by atoms with Gasteiger partial charge in [-0.3, -0.25) is 4.79 Å². The zero-order valence-corrected chi connectivity index (χ0v) is 15.1. The number of rotatable bonds is 8. The largest absolute Gasteiger partial charge is 0.496 e. The van der Waals surface area contributed by atoms with Crippen molar-refractivity contribution in [1.29, 1.82) is 0 Å². The highest BCUT2D eigenvalue weighted by Gasteiger charge is 2.23. The molecule has 6 nitrogen and oxygen atoms in total. The molecule has 8 heteroatoms.